The van der Waals surface area contributed by atoms with E-state index < -0.39 is 5.60 Å². The van der Waals surface area contributed by atoms with Gasteiger partial charge in [0.05, 0.1) is 6.04 Å². The number of carbonyl (C=O) groups is 2. The summed E-state index contributed by atoms with van der Waals surface area (Å²) in [5.74, 6) is 1.08. The van der Waals surface area contributed by atoms with E-state index in [0.29, 0.717) is 37.0 Å². The largest absolute Gasteiger partial charge is 0.444 e. The summed E-state index contributed by atoms with van der Waals surface area (Å²) in [5, 5.41) is 5.47. The number of carbonyl (C=O) groups excluding carboxylic acids is 2. The summed E-state index contributed by atoms with van der Waals surface area (Å²) in [6.07, 6.45) is 2.93. The summed E-state index contributed by atoms with van der Waals surface area (Å²) in [4.78, 5) is 39.5. The van der Waals surface area contributed by atoms with Gasteiger partial charge in [0.2, 0.25) is 5.95 Å². The number of rotatable bonds is 7. The molecule has 42 heavy (non-hydrogen) atoms. The molecule has 1 fully saturated rings. The van der Waals surface area contributed by atoms with Gasteiger partial charge in [0.1, 0.15) is 11.4 Å². The highest BCUT2D eigenvalue weighted by molar-refractivity contribution is 6.07. The van der Waals surface area contributed by atoms with E-state index in [-0.39, 0.29) is 24.0 Å². The lowest BCUT2D eigenvalue weighted by atomic mass is 9.96. The van der Waals surface area contributed by atoms with Crippen LogP contribution in [0.15, 0.2) is 85.1 Å². The first-order valence-corrected chi connectivity index (χ1v) is 14.6. The molecule has 0 bridgehead atoms. The second kappa shape index (κ2) is 12.6. The fourth-order valence-corrected chi connectivity index (χ4v) is 5.23. The first-order chi connectivity index (χ1) is 20.2. The van der Waals surface area contributed by atoms with Crippen molar-refractivity contribution in [1.29, 1.82) is 0 Å². The third-order valence-electron chi connectivity index (χ3n) is 7.51. The van der Waals surface area contributed by atoms with Crippen LogP contribution in [-0.4, -0.2) is 52.1 Å². The average Bonchev–Trinajstić information content (AvgIpc) is 2.99. The molecule has 2 amide bonds. The van der Waals surface area contributed by atoms with E-state index in [0.717, 1.165) is 29.2 Å². The van der Waals surface area contributed by atoms with Crippen molar-refractivity contribution in [2.45, 2.75) is 52.2 Å². The van der Waals surface area contributed by atoms with Gasteiger partial charge in [0.15, 0.2) is 0 Å². The number of benzene rings is 3. The predicted octanol–water partition coefficient (Wildman–Crippen LogP) is 7.10. The van der Waals surface area contributed by atoms with Gasteiger partial charge in [0, 0.05) is 31.4 Å². The topological polar surface area (TPSA) is 87.7 Å². The van der Waals surface area contributed by atoms with Gasteiger partial charge < -0.3 is 15.0 Å². The molecule has 0 aliphatic carbocycles. The van der Waals surface area contributed by atoms with E-state index in [4.69, 9.17) is 9.72 Å². The molecule has 1 atom stereocenters. The maximum Gasteiger partial charge on any atom is 0.410 e. The van der Waals surface area contributed by atoms with Gasteiger partial charge in [-0.1, -0.05) is 60.7 Å². The van der Waals surface area contributed by atoms with Gasteiger partial charge >= 0.3 is 6.09 Å². The molecule has 8 nitrogen and oxygen atoms in total. The minimum absolute atomic E-state index is 0.0109. The van der Waals surface area contributed by atoms with Crippen molar-refractivity contribution >= 4 is 34.5 Å². The Hall–Kier alpha value is -4.46. The molecule has 2 heterocycles. The molecule has 4 aromatic rings. The van der Waals surface area contributed by atoms with Crippen LogP contribution >= 0.6 is 0 Å². The molecule has 1 aromatic heterocycles. The smallest absolute Gasteiger partial charge is 0.410 e. The van der Waals surface area contributed by atoms with Crippen molar-refractivity contribution in [3.63, 3.8) is 0 Å². The van der Waals surface area contributed by atoms with Crippen molar-refractivity contribution in [2.75, 3.05) is 29.9 Å². The third-order valence-corrected chi connectivity index (χ3v) is 7.51. The SMILES string of the molecule is C[C@@H](Nc1nccc(N(CC2CCN(C(=O)OC(C)(C)C)CC2)C(=O)c2ccc3ccccc3c2)n1)c1ccccc1. The molecule has 218 valence electrons. The standard InChI is InChI=1S/C34H39N5O3/c1-24(26-10-6-5-7-11-26)36-32-35-19-16-30(37-32)39(31(40)29-15-14-27-12-8-9-13-28(27)22-29)23-25-17-20-38(21-18-25)33(41)42-34(2,3)4/h5-16,19,22,24-25H,17-18,20-21,23H2,1-4H3,(H,35,36,37)/t24-/m1/s1. The number of fused-ring (bicyclic) bond motifs is 1. The Balaban J connectivity index is 1.37. The van der Waals surface area contributed by atoms with Crippen molar-refractivity contribution in [3.05, 3.63) is 96.2 Å². The van der Waals surface area contributed by atoms with Gasteiger partial charge in [-0.25, -0.2) is 9.78 Å². The number of nitrogens with zero attached hydrogens (tertiary/aromatic N) is 4. The predicted molar refractivity (Wildman–Crippen MR) is 167 cm³/mol. The Labute approximate surface area is 247 Å². The summed E-state index contributed by atoms with van der Waals surface area (Å²) in [6.45, 7) is 9.34. The van der Waals surface area contributed by atoms with Crippen molar-refractivity contribution in [3.8, 4) is 0 Å². The molecule has 0 radical (unpaired) electrons. The Bertz CT molecular complexity index is 1530. The van der Waals surface area contributed by atoms with Crippen molar-refractivity contribution in [2.24, 2.45) is 5.92 Å². The van der Waals surface area contributed by atoms with Crippen LogP contribution in [0.4, 0.5) is 16.6 Å². The fourth-order valence-electron chi connectivity index (χ4n) is 5.23. The summed E-state index contributed by atoms with van der Waals surface area (Å²) in [6, 6.07) is 25.7. The normalized spacial score (nSPS) is 14.8. The lowest BCUT2D eigenvalue weighted by Gasteiger charge is -2.35. The van der Waals surface area contributed by atoms with Crippen LogP contribution in [0.3, 0.4) is 0 Å². The highest BCUT2D eigenvalue weighted by atomic mass is 16.6. The second-order valence-electron chi connectivity index (χ2n) is 11.9. The monoisotopic (exact) mass is 565 g/mol. The number of ether oxygens (including phenoxy) is 1. The fraction of sp³-hybridized carbons (Fsp3) is 0.353. The molecule has 8 heteroatoms. The number of hydrogen-bond donors (Lipinski definition) is 1. The maximum atomic E-state index is 14.1. The van der Waals surface area contributed by atoms with Crippen LogP contribution in [0.2, 0.25) is 0 Å². The van der Waals surface area contributed by atoms with Crippen molar-refractivity contribution in [1.82, 2.24) is 14.9 Å². The zero-order valence-corrected chi connectivity index (χ0v) is 24.8. The summed E-state index contributed by atoms with van der Waals surface area (Å²) in [5.41, 5.74) is 1.19. The summed E-state index contributed by atoms with van der Waals surface area (Å²) in [7, 11) is 0. The van der Waals surface area contributed by atoms with Gasteiger partial charge in [-0.2, -0.15) is 4.98 Å². The van der Waals surface area contributed by atoms with Crippen LogP contribution in [0, 0.1) is 5.92 Å². The van der Waals surface area contributed by atoms with Gasteiger partial charge in [0.25, 0.3) is 5.91 Å². The highest BCUT2D eigenvalue weighted by Gasteiger charge is 2.30. The van der Waals surface area contributed by atoms with Gasteiger partial charge in [-0.05, 0) is 81.0 Å². The molecule has 0 unspecified atom stereocenters. The zero-order valence-electron chi connectivity index (χ0n) is 24.8. The van der Waals surface area contributed by atoms with Gasteiger partial charge in [-0.3, -0.25) is 9.69 Å². The maximum absolute atomic E-state index is 14.1. The van der Waals surface area contributed by atoms with E-state index in [1.54, 1.807) is 22.1 Å². The molecular weight excluding hydrogens is 526 g/mol. The van der Waals surface area contributed by atoms with E-state index >= 15 is 0 Å². The second-order valence-corrected chi connectivity index (χ2v) is 11.9. The molecule has 0 spiro atoms. The number of anilines is 2. The van der Waals surface area contributed by atoms with Crippen LogP contribution in [0.1, 0.15) is 62.5 Å². The zero-order chi connectivity index (χ0) is 29.7. The van der Waals surface area contributed by atoms with Crippen LogP contribution in [-0.2, 0) is 4.74 Å². The molecule has 3 aromatic carbocycles. The molecule has 1 saturated heterocycles. The number of hydrogen-bond acceptors (Lipinski definition) is 6. The number of nitrogens with one attached hydrogen (secondary N) is 1. The van der Waals surface area contributed by atoms with Crippen LogP contribution in [0.5, 0.6) is 0 Å². The highest BCUT2D eigenvalue weighted by Crippen LogP contribution is 2.26. The minimum atomic E-state index is -0.534. The number of aromatic nitrogens is 2. The molecule has 1 N–H and O–H groups in total. The average molecular weight is 566 g/mol. The lowest BCUT2D eigenvalue weighted by Crippen LogP contribution is -2.45. The Morgan fingerprint density at radius 2 is 1.67 bits per heavy atom. The first-order valence-electron chi connectivity index (χ1n) is 14.6. The molecule has 1 aliphatic heterocycles. The number of likely N-dealkylation sites (tertiary alicyclic amines) is 1. The van der Waals surface area contributed by atoms with Crippen molar-refractivity contribution < 1.29 is 14.3 Å². The first kappa shape index (κ1) is 29.0. The van der Waals surface area contributed by atoms with E-state index in [2.05, 4.69) is 29.4 Å². The number of piperidine rings is 1. The quantitative estimate of drug-likeness (QED) is 0.257. The van der Waals surface area contributed by atoms with E-state index in [1.165, 1.54) is 0 Å². The Morgan fingerprint density at radius 1 is 0.976 bits per heavy atom. The third kappa shape index (κ3) is 7.24. The Kier molecular flexibility index (Phi) is 8.71. The summed E-state index contributed by atoms with van der Waals surface area (Å²) < 4.78 is 5.57. The van der Waals surface area contributed by atoms with Crippen LogP contribution < -0.4 is 10.2 Å². The Morgan fingerprint density at radius 3 is 2.38 bits per heavy atom. The molecule has 5 rings (SSSR count). The summed E-state index contributed by atoms with van der Waals surface area (Å²) >= 11 is 0. The minimum Gasteiger partial charge on any atom is -0.444 e. The molecule has 0 saturated carbocycles. The van der Waals surface area contributed by atoms with Gasteiger partial charge in [-0.15, -0.1) is 0 Å². The van der Waals surface area contributed by atoms with E-state index in [1.807, 2.05) is 81.4 Å². The van der Waals surface area contributed by atoms with Crippen LogP contribution in [0.25, 0.3) is 10.8 Å². The number of amides is 2. The molecular formula is C34H39N5O3. The molecule has 1 aliphatic rings. The van der Waals surface area contributed by atoms with E-state index in [9.17, 15) is 9.59 Å². The lowest BCUT2D eigenvalue weighted by molar-refractivity contribution is 0.0185.